The van der Waals surface area contributed by atoms with E-state index in [-0.39, 0.29) is 0 Å². The van der Waals surface area contributed by atoms with Crippen molar-refractivity contribution in [2.24, 2.45) is 5.92 Å². The Morgan fingerprint density at radius 3 is 3.05 bits per heavy atom. The molecule has 6 heteroatoms. The van der Waals surface area contributed by atoms with Crippen LogP contribution in [0.5, 0.6) is 0 Å². The van der Waals surface area contributed by atoms with Crippen LogP contribution in [0.15, 0.2) is 4.52 Å². The molecule has 0 saturated heterocycles. The first-order valence-corrected chi connectivity index (χ1v) is 8.93. The van der Waals surface area contributed by atoms with Gasteiger partial charge in [-0.05, 0) is 36.5 Å². The van der Waals surface area contributed by atoms with Gasteiger partial charge in [0.15, 0.2) is 5.82 Å². The predicted molar refractivity (Wildman–Crippen MR) is 85.0 cm³/mol. The Morgan fingerprint density at radius 2 is 2.25 bits per heavy atom. The van der Waals surface area contributed by atoms with E-state index >= 15 is 0 Å². The van der Waals surface area contributed by atoms with Crippen LogP contribution in [0.1, 0.15) is 36.5 Å². The topological polar surface area (TPSA) is 64.9 Å². The smallest absolute Gasteiger partial charge is 0.261 e. The molecule has 3 rings (SSSR count). The molecule has 0 unspecified atom stereocenters. The molecule has 0 spiro atoms. The third-order valence-corrected chi connectivity index (χ3v) is 5.80. The van der Waals surface area contributed by atoms with Crippen molar-refractivity contribution in [1.82, 2.24) is 10.1 Å². The van der Waals surface area contributed by atoms with Crippen LogP contribution in [-0.4, -0.2) is 15.9 Å². The Bertz CT molecular complexity index is 604. The molecule has 1 aliphatic carbocycles. The Kier molecular flexibility index (Phi) is 4.03. The number of nitrogens with zero attached hydrogens (tertiary/aromatic N) is 2. The lowest BCUT2D eigenvalue weighted by Gasteiger charge is -2.00. The normalized spacial score (nSPS) is 14.2. The highest BCUT2D eigenvalue weighted by Gasteiger charge is 2.25. The van der Waals surface area contributed by atoms with Gasteiger partial charge in [-0.15, -0.1) is 11.3 Å². The minimum absolute atomic E-state index is 0.599. The van der Waals surface area contributed by atoms with Crippen molar-refractivity contribution < 1.29 is 4.52 Å². The fraction of sp³-hybridized carbons (Fsp3) is 0.571. The highest BCUT2D eigenvalue weighted by molar-refractivity contribution is 7.98. The lowest BCUT2D eigenvalue weighted by Crippen LogP contribution is -1.93. The van der Waals surface area contributed by atoms with E-state index in [9.17, 15) is 0 Å². The summed E-state index contributed by atoms with van der Waals surface area (Å²) in [5, 5.41) is 4.90. The number of rotatable bonds is 5. The summed E-state index contributed by atoms with van der Waals surface area (Å²) in [5.41, 5.74) is 8.44. The number of aryl methyl sites for hydroxylation is 1. The van der Waals surface area contributed by atoms with Crippen molar-refractivity contribution >= 4 is 28.1 Å². The van der Waals surface area contributed by atoms with Crippen molar-refractivity contribution in [2.45, 2.75) is 38.9 Å². The van der Waals surface area contributed by atoms with Crippen LogP contribution in [-0.2, 0) is 18.6 Å². The van der Waals surface area contributed by atoms with Crippen LogP contribution in [0, 0.1) is 5.92 Å². The quantitative estimate of drug-likeness (QED) is 0.911. The number of thioether (sulfide) groups is 1. The summed E-state index contributed by atoms with van der Waals surface area (Å²) < 4.78 is 5.42. The number of nitrogens with two attached hydrogens (primary N) is 1. The zero-order valence-corrected chi connectivity index (χ0v) is 13.4. The van der Waals surface area contributed by atoms with Gasteiger partial charge in [-0.2, -0.15) is 16.7 Å². The van der Waals surface area contributed by atoms with Gasteiger partial charge in [0.2, 0.25) is 0 Å². The summed E-state index contributed by atoms with van der Waals surface area (Å²) in [6.07, 6.45) is 3.42. The number of thiophene rings is 1. The van der Waals surface area contributed by atoms with Crippen LogP contribution in [0.4, 0.5) is 5.00 Å². The molecule has 108 valence electrons. The third kappa shape index (κ3) is 2.72. The maximum Gasteiger partial charge on any atom is 0.261 e. The molecule has 20 heavy (non-hydrogen) atoms. The minimum Gasteiger partial charge on any atom is -0.390 e. The zero-order chi connectivity index (χ0) is 14.1. The van der Waals surface area contributed by atoms with Gasteiger partial charge in [-0.25, -0.2) is 0 Å². The van der Waals surface area contributed by atoms with E-state index < -0.39 is 0 Å². The summed E-state index contributed by atoms with van der Waals surface area (Å²) in [7, 11) is 0. The number of hydrogen-bond acceptors (Lipinski definition) is 6. The first-order valence-electron chi connectivity index (χ1n) is 6.96. The van der Waals surface area contributed by atoms with Gasteiger partial charge in [0.1, 0.15) is 0 Å². The van der Waals surface area contributed by atoms with Gasteiger partial charge in [0.25, 0.3) is 5.89 Å². The Labute approximate surface area is 127 Å². The molecular weight excluding hydrogens is 290 g/mol. The Hall–Kier alpha value is -1.01. The van der Waals surface area contributed by atoms with E-state index in [1.54, 1.807) is 11.3 Å². The molecule has 2 aromatic rings. The molecular formula is C14H19N3OS2. The second-order valence-corrected chi connectivity index (χ2v) is 7.69. The first kappa shape index (κ1) is 13.9. The molecule has 2 aromatic heterocycles. The molecule has 4 nitrogen and oxygen atoms in total. The molecule has 1 aliphatic rings. The minimum atomic E-state index is 0.599. The second kappa shape index (κ2) is 5.77. The van der Waals surface area contributed by atoms with Crippen LogP contribution in [0.3, 0.4) is 0 Å². The maximum absolute atomic E-state index is 6.12. The molecule has 0 radical (unpaired) electrons. The average Bonchev–Trinajstić information content (AvgIpc) is 3.04. The van der Waals surface area contributed by atoms with Gasteiger partial charge >= 0.3 is 0 Å². The van der Waals surface area contributed by atoms with Gasteiger partial charge < -0.3 is 10.3 Å². The van der Waals surface area contributed by atoms with Crippen molar-refractivity contribution in [3.05, 3.63) is 16.3 Å². The highest BCUT2D eigenvalue weighted by Crippen LogP contribution is 2.42. The summed E-state index contributed by atoms with van der Waals surface area (Å²) >= 11 is 3.52. The standard InChI is InChI=1S/C14H19N3OS2/c1-8(2)6-19-7-11-16-14(18-17-11)12-9-4-3-5-10(9)20-13(12)15/h8H,3-7,15H2,1-2H3. The van der Waals surface area contributed by atoms with E-state index in [1.807, 2.05) is 11.8 Å². The van der Waals surface area contributed by atoms with Crippen molar-refractivity contribution in [2.75, 3.05) is 11.5 Å². The van der Waals surface area contributed by atoms with Crippen LogP contribution in [0.2, 0.25) is 0 Å². The first-order chi connectivity index (χ1) is 9.65. The maximum atomic E-state index is 6.12. The number of fused-ring (bicyclic) bond motifs is 1. The van der Waals surface area contributed by atoms with Crippen LogP contribution < -0.4 is 5.73 Å². The molecule has 0 aliphatic heterocycles. The van der Waals surface area contributed by atoms with E-state index in [2.05, 4.69) is 24.0 Å². The molecule has 0 saturated carbocycles. The second-order valence-electron chi connectivity index (χ2n) is 5.52. The summed E-state index contributed by atoms with van der Waals surface area (Å²) in [5.74, 6) is 3.96. The van der Waals surface area contributed by atoms with E-state index in [0.717, 1.165) is 40.7 Å². The summed E-state index contributed by atoms with van der Waals surface area (Å²) in [6, 6.07) is 0. The SMILES string of the molecule is CC(C)CSCc1noc(-c2c(N)sc3c2CCC3)n1. The van der Waals surface area contributed by atoms with Gasteiger partial charge in [-0.1, -0.05) is 19.0 Å². The zero-order valence-electron chi connectivity index (χ0n) is 11.8. The molecule has 0 aromatic carbocycles. The number of nitrogen functional groups attached to an aromatic ring is 1. The van der Waals surface area contributed by atoms with Crippen molar-refractivity contribution in [3.63, 3.8) is 0 Å². The Balaban J connectivity index is 1.77. The van der Waals surface area contributed by atoms with Gasteiger partial charge in [-0.3, -0.25) is 0 Å². The monoisotopic (exact) mass is 309 g/mol. The summed E-state index contributed by atoms with van der Waals surface area (Å²) in [6.45, 7) is 4.42. The van der Waals surface area contributed by atoms with E-state index in [1.165, 1.54) is 16.9 Å². The number of hydrogen-bond donors (Lipinski definition) is 1. The molecule has 0 bridgehead atoms. The van der Waals surface area contributed by atoms with Gasteiger partial charge in [0, 0.05) is 4.88 Å². The van der Waals surface area contributed by atoms with E-state index in [4.69, 9.17) is 10.3 Å². The fourth-order valence-corrected chi connectivity index (χ4v) is 4.50. The number of anilines is 1. The fourth-order valence-electron chi connectivity index (χ4n) is 2.46. The predicted octanol–water partition coefficient (Wildman–Crippen LogP) is 3.76. The molecule has 0 amide bonds. The largest absolute Gasteiger partial charge is 0.390 e. The molecule has 2 N–H and O–H groups in total. The van der Waals surface area contributed by atoms with Crippen LogP contribution in [0.25, 0.3) is 11.5 Å². The van der Waals surface area contributed by atoms with Crippen molar-refractivity contribution in [3.8, 4) is 11.5 Å². The molecule has 2 heterocycles. The molecule has 0 fully saturated rings. The van der Waals surface area contributed by atoms with Crippen molar-refractivity contribution in [1.29, 1.82) is 0 Å². The Morgan fingerprint density at radius 1 is 1.40 bits per heavy atom. The lowest BCUT2D eigenvalue weighted by molar-refractivity contribution is 0.425. The lowest BCUT2D eigenvalue weighted by atomic mass is 10.1. The average molecular weight is 309 g/mol. The van der Waals surface area contributed by atoms with Crippen LogP contribution >= 0.6 is 23.1 Å². The third-order valence-electron chi connectivity index (χ3n) is 3.31. The summed E-state index contributed by atoms with van der Waals surface area (Å²) in [4.78, 5) is 5.91. The van der Waals surface area contributed by atoms with E-state index in [0.29, 0.717) is 11.8 Å². The number of aromatic nitrogens is 2. The molecule has 0 atom stereocenters. The van der Waals surface area contributed by atoms with Gasteiger partial charge in [0.05, 0.1) is 16.3 Å². The highest BCUT2D eigenvalue weighted by atomic mass is 32.2.